The fourth-order valence-electron chi connectivity index (χ4n) is 6.43. The van der Waals surface area contributed by atoms with Gasteiger partial charge in [-0.05, 0) is 82.1 Å². The third-order valence-electron chi connectivity index (χ3n) is 9.29. The van der Waals surface area contributed by atoms with Gasteiger partial charge in [0, 0.05) is 24.0 Å². The zero-order valence-electron chi connectivity index (χ0n) is 30.9. The largest absolute Gasteiger partial charge is 0.497 e. The van der Waals surface area contributed by atoms with Gasteiger partial charge < -0.3 is 19.9 Å². The van der Waals surface area contributed by atoms with Crippen LogP contribution in [0, 0.1) is 0 Å². The molecular weight excluding hydrogens is 760 g/mol. The topological polar surface area (TPSA) is 148 Å². The van der Waals surface area contributed by atoms with Crippen LogP contribution in [-0.2, 0) is 35.8 Å². The number of nitrogens with zero attached hydrogens (tertiary/aromatic N) is 6. The number of para-hydroxylation sites is 1. The first-order valence-corrected chi connectivity index (χ1v) is 18.9. The molecule has 2 heterocycles. The quantitative estimate of drug-likeness (QED) is 0.124. The van der Waals surface area contributed by atoms with Gasteiger partial charge in [0.05, 0.1) is 44.5 Å². The van der Waals surface area contributed by atoms with E-state index < -0.39 is 32.2 Å². The summed E-state index contributed by atoms with van der Waals surface area (Å²) in [4.78, 5) is 4.65. The summed E-state index contributed by atoms with van der Waals surface area (Å²) in [7, 11) is -0.581. The number of sulfonamides is 1. The van der Waals surface area contributed by atoms with E-state index in [0.717, 1.165) is 15.9 Å². The minimum atomic E-state index is -5.14. The Morgan fingerprint density at radius 1 is 0.702 bits per heavy atom. The monoisotopic (exact) mass is 795 g/mol. The number of benzene rings is 5. The number of hydrogen-bond donors (Lipinski definition) is 1. The van der Waals surface area contributed by atoms with Crippen LogP contribution in [0.3, 0.4) is 0 Å². The van der Waals surface area contributed by atoms with Crippen molar-refractivity contribution >= 4 is 26.7 Å². The highest BCUT2D eigenvalue weighted by molar-refractivity contribution is 7.89. The van der Waals surface area contributed by atoms with Crippen molar-refractivity contribution < 1.29 is 35.8 Å². The van der Waals surface area contributed by atoms with Crippen LogP contribution in [0.25, 0.3) is 33.4 Å². The molecule has 0 unspecified atom stereocenters. The van der Waals surface area contributed by atoms with Gasteiger partial charge >= 0.3 is 6.18 Å². The molecule has 16 heteroatoms. The predicted octanol–water partition coefficient (Wildman–Crippen LogP) is 7.62. The van der Waals surface area contributed by atoms with Gasteiger partial charge in [-0.3, -0.25) is 0 Å². The number of fused-ring (bicyclic) bond motifs is 1. The highest BCUT2D eigenvalue weighted by Gasteiger charge is 2.43. The highest BCUT2D eigenvalue weighted by Crippen LogP contribution is 2.46. The highest BCUT2D eigenvalue weighted by atomic mass is 32.2. The van der Waals surface area contributed by atoms with Gasteiger partial charge in [0.15, 0.2) is 0 Å². The first-order valence-electron chi connectivity index (χ1n) is 17.4. The van der Waals surface area contributed by atoms with Crippen LogP contribution in [-0.4, -0.2) is 59.2 Å². The second-order valence-corrected chi connectivity index (χ2v) is 14.8. The normalized spacial score (nSPS) is 11.9. The zero-order valence-corrected chi connectivity index (χ0v) is 31.8. The fraction of sp³-hybridized carbons (Fsp3) is 0.171. The van der Waals surface area contributed by atoms with E-state index in [0.29, 0.717) is 44.8 Å². The average Bonchev–Trinajstić information content (AvgIpc) is 3.68. The minimum Gasteiger partial charge on any atom is -0.497 e. The number of anilines is 1. The Balaban J connectivity index is 1.48. The molecule has 292 valence electrons. The van der Waals surface area contributed by atoms with Crippen LogP contribution in [0.4, 0.5) is 19.0 Å². The molecule has 0 bridgehead atoms. The van der Waals surface area contributed by atoms with Crippen molar-refractivity contribution in [1.82, 2.24) is 29.5 Å². The molecule has 0 aliphatic carbocycles. The van der Waals surface area contributed by atoms with E-state index in [4.69, 9.17) is 19.9 Å². The molecule has 2 aromatic heterocycles. The SMILES string of the molecule is COc1ccc(CN(Cc2ccc(OC)cc2)S(=O)(=O)c2c(C(F)(F)F)ccc(-c3cccc4ccc(N)nc34)c2-c2nnn(Cc3ccc(OC)cc3)n2)cc1. The predicted molar refractivity (Wildman–Crippen MR) is 208 cm³/mol. The second kappa shape index (κ2) is 15.9. The maximum absolute atomic E-state index is 15.4. The Morgan fingerprint density at radius 3 is 1.81 bits per heavy atom. The van der Waals surface area contributed by atoms with Crippen LogP contribution in [0.5, 0.6) is 17.2 Å². The van der Waals surface area contributed by atoms with E-state index in [1.807, 2.05) is 0 Å². The fourth-order valence-corrected chi connectivity index (χ4v) is 8.25. The van der Waals surface area contributed by atoms with E-state index in [1.54, 1.807) is 103 Å². The first kappa shape index (κ1) is 38.7. The number of nitrogen functional groups attached to an aromatic ring is 1. The minimum absolute atomic E-state index is 0.0702. The average molecular weight is 796 g/mol. The van der Waals surface area contributed by atoms with Crippen LogP contribution >= 0.6 is 0 Å². The van der Waals surface area contributed by atoms with Crippen molar-refractivity contribution in [2.24, 2.45) is 0 Å². The molecule has 0 atom stereocenters. The van der Waals surface area contributed by atoms with Crippen molar-refractivity contribution in [3.05, 3.63) is 138 Å². The van der Waals surface area contributed by atoms with Crippen LogP contribution in [0.2, 0.25) is 0 Å². The van der Waals surface area contributed by atoms with Crippen LogP contribution < -0.4 is 19.9 Å². The van der Waals surface area contributed by atoms with E-state index in [1.165, 1.54) is 32.2 Å². The molecule has 0 fully saturated rings. The molecular formula is C41H36F3N7O5S. The standard InChI is InChI=1S/C41H36F3N7O5S/c1-54-30-14-7-26(8-15-30)23-50(24-27-9-16-31(55-2)17-10-27)57(52,53)39-35(41(42,43)44)21-20-33(34-6-4-5-29-13-22-36(45)46-38(29)34)37(39)40-47-49-51(48-40)25-28-11-18-32(56-3)19-12-28/h4-22H,23-25H2,1-3H3,(H2,45,46). The number of nitrogens with two attached hydrogens (primary N) is 1. The van der Waals surface area contributed by atoms with Gasteiger partial charge in [-0.25, -0.2) is 13.4 Å². The van der Waals surface area contributed by atoms with Crippen LogP contribution in [0.1, 0.15) is 22.3 Å². The zero-order chi connectivity index (χ0) is 40.3. The van der Waals surface area contributed by atoms with Crippen molar-refractivity contribution in [2.75, 3.05) is 27.1 Å². The van der Waals surface area contributed by atoms with Crippen molar-refractivity contribution in [1.29, 1.82) is 0 Å². The number of tetrazole rings is 1. The van der Waals surface area contributed by atoms with Gasteiger partial charge in [-0.2, -0.15) is 22.3 Å². The molecule has 2 N–H and O–H groups in total. The Labute approximate surface area is 326 Å². The molecule has 0 radical (unpaired) electrons. The number of methoxy groups -OCH3 is 3. The molecule has 7 aromatic rings. The number of pyridine rings is 1. The molecule has 0 aliphatic rings. The Kier molecular flexibility index (Phi) is 10.8. The van der Waals surface area contributed by atoms with E-state index in [-0.39, 0.29) is 36.8 Å². The Morgan fingerprint density at radius 2 is 1.26 bits per heavy atom. The first-order chi connectivity index (χ1) is 27.4. The summed E-state index contributed by atoms with van der Waals surface area (Å²) >= 11 is 0. The Hall–Kier alpha value is -6.52. The van der Waals surface area contributed by atoms with Crippen molar-refractivity contribution in [2.45, 2.75) is 30.7 Å². The molecule has 57 heavy (non-hydrogen) atoms. The van der Waals surface area contributed by atoms with Gasteiger partial charge in [-0.1, -0.05) is 60.7 Å². The Bertz CT molecular complexity index is 2590. The molecule has 0 amide bonds. The molecule has 0 aliphatic heterocycles. The number of halogens is 3. The summed E-state index contributed by atoms with van der Waals surface area (Å²) in [6, 6.07) is 30.6. The second-order valence-electron chi connectivity index (χ2n) is 12.9. The molecule has 0 spiro atoms. The van der Waals surface area contributed by atoms with E-state index in [2.05, 4.69) is 20.4 Å². The third-order valence-corrected chi connectivity index (χ3v) is 11.2. The van der Waals surface area contributed by atoms with Crippen molar-refractivity contribution in [3.8, 4) is 39.8 Å². The summed E-state index contributed by atoms with van der Waals surface area (Å²) in [6.45, 7) is -0.534. The maximum Gasteiger partial charge on any atom is 0.417 e. The van der Waals surface area contributed by atoms with Crippen LogP contribution in [0.15, 0.2) is 120 Å². The molecule has 0 saturated heterocycles. The summed E-state index contributed by atoms with van der Waals surface area (Å²) in [5, 5.41) is 13.5. The third kappa shape index (κ3) is 8.22. The lowest BCUT2D eigenvalue weighted by Gasteiger charge is -2.27. The summed E-state index contributed by atoms with van der Waals surface area (Å²) in [5.41, 5.74) is 6.72. The van der Waals surface area contributed by atoms with Crippen molar-refractivity contribution in [3.63, 3.8) is 0 Å². The summed E-state index contributed by atoms with van der Waals surface area (Å²) < 4.78 is 93.5. The number of aromatic nitrogens is 5. The smallest absolute Gasteiger partial charge is 0.417 e. The number of alkyl halides is 3. The van der Waals surface area contributed by atoms with E-state index >= 15 is 21.6 Å². The lowest BCUT2D eigenvalue weighted by atomic mass is 9.94. The number of hydrogen-bond acceptors (Lipinski definition) is 10. The molecule has 12 nitrogen and oxygen atoms in total. The van der Waals surface area contributed by atoms with Gasteiger partial charge in [0.1, 0.15) is 28.0 Å². The van der Waals surface area contributed by atoms with Gasteiger partial charge in [0.25, 0.3) is 0 Å². The number of ether oxygens (including phenoxy) is 3. The lowest BCUT2D eigenvalue weighted by Crippen LogP contribution is -2.32. The summed E-state index contributed by atoms with van der Waals surface area (Å²) in [6.07, 6.45) is -5.14. The molecule has 5 aromatic carbocycles. The molecule has 0 saturated carbocycles. The molecule has 7 rings (SSSR count). The van der Waals surface area contributed by atoms with E-state index in [9.17, 15) is 0 Å². The maximum atomic E-state index is 15.4. The van der Waals surface area contributed by atoms with Gasteiger partial charge in [0.2, 0.25) is 15.8 Å². The summed E-state index contributed by atoms with van der Waals surface area (Å²) in [5.74, 6) is 1.46. The number of rotatable bonds is 13. The van der Waals surface area contributed by atoms with Gasteiger partial charge in [-0.15, -0.1) is 10.2 Å². The lowest BCUT2D eigenvalue weighted by molar-refractivity contribution is -0.139.